The highest BCUT2D eigenvalue weighted by Gasteiger charge is 2.24. The summed E-state index contributed by atoms with van der Waals surface area (Å²) >= 11 is 1.76. The van der Waals surface area contributed by atoms with Gasteiger partial charge in [-0.15, -0.1) is 11.3 Å². The monoisotopic (exact) mass is 426 g/mol. The van der Waals surface area contributed by atoms with Crippen molar-refractivity contribution in [3.05, 3.63) is 57.6 Å². The molecule has 1 amide bonds. The number of anilines is 1. The van der Waals surface area contributed by atoms with E-state index in [9.17, 15) is 14.9 Å². The van der Waals surface area contributed by atoms with Crippen molar-refractivity contribution in [1.29, 1.82) is 0 Å². The number of thiazole rings is 1. The largest absolute Gasteiger partial charge is 0.494 e. The average molecular weight is 426 g/mol. The Morgan fingerprint density at radius 1 is 1.30 bits per heavy atom. The van der Waals surface area contributed by atoms with Gasteiger partial charge in [0.25, 0.3) is 5.69 Å². The van der Waals surface area contributed by atoms with Crippen molar-refractivity contribution in [1.82, 2.24) is 9.88 Å². The number of non-ortho nitro benzene ring substituents is 1. The van der Waals surface area contributed by atoms with Crippen LogP contribution in [-0.2, 0) is 4.79 Å². The third kappa shape index (κ3) is 4.42. The van der Waals surface area contributed by atoms with Crippen molar-refractivity contribution in [2.75, 3.05) is 32.1 Å². The number of fused-ring (bicyclic) bond motifs is 1. The van der Waals surface area contributed by atoms with Gasteiger partial charge < -0.3 is 10.1 Å². The number of amides is 1. The molecule has 1 saturated heterocycles. The fraction of sp³-hybridized carbons (Fsp3) is 0.333. The first-order valence-electron chi connectivity index (χ1n) is 9.73. The summed E-state index contributed by atoms with van der Waals surface area (Å²) in [5, 5.41) is 14.9. The minimum absolute atomic E-state index is 0.0817. The quantitative estimate of drug-likeness (QED) is 0.472. The number of carbonyl (C=O) groups excluding carboxylic acids is 1. The average Bonchev–Trinajstić information content (AvgIpc) is 3.18. The Morgan fingerprint density at radius 3 is 2.77 bits per heavy atom. The van der Waals surface area contributed by atoms with E-state index in [0.29, 0.717) is 11.6 Å². The van der Waals surface area contributed by atoms with Gasteiger partial charge in [0, 0.05) is 12.0 Å². The molecule has 4 rings (SSSR count). The fourth-order valence-corrected chi connectivity index (χ4v) is 4.83. The van der Waals surface area contributed by atoms with Crippen LogP contribution in [0.1, 0.15) is 23.8 Å². The number of methoxy groups -OCH3 is 1. The highest BCUT2D eigenvalue weighted by atomic mass is 32.1. The van der Waals surface area contributed by atoms with Gasteiger partial charge in [-0.2, -0.15) is 0 Å². The molecule has 0 atom stereocenters. The lowest BCUT2D eigenvalue weighted by atomic mass is 9.97. The molecule has 8 nitrogen and oxygen atoms in total. The molecule has 0 radical (unpaired) electrons. The number of nitrogens with one attached hydrogen (secondary N) is 1. The zero-order valence-electron chi connectivity index (χ0n) is 16.5. The Kier molecular flexibility index (Phi) is 5.91. The molecule has 0 saturated carbocycles. The summed E-state index contributed by atoms with van der Waals surface area (Å²) in [6.45, 7) is 1.92. The summed E-state index contributed by atoms with van der Waals surface area (Å²) < 4.78 is 6.39. The number of nitro benzene ring substituents is 1. The van der Waals surface area contributed by atoms with Crippen molar-refractivity contribution in [3.8, 4) is 5.75 Å². The van der Waals surface area contributed by atoms with Crippen LogP contribution in [0.3, 0.4) is 0 Å². The van der Waals surface area contributed by atoms with E-state index >= 15 is 0 Å². The second-order valence-electron chi connectivity index (χ2n) is 7.26. The van der Waals surface area contributed by atoms with Gasteiger partial charge in [-0.1, -0.05) is 12.1 Å². The van der Waals surface area contributed by atoms with Crippen molar-refractivity contribution in [2.45, 2.75) is 18.8 Å². The fourth-order valence-electron chi connectivity index (χ4n) is 3.69. The lowest BCUT2D eigenvalue weighted by molar-refractivity contribution is -0.384. The predicted molar refractivity (Wildman–Crippen MR) is 116 cm³/mol. The molecule has 1 aromatic heterocycles. The number of likely N-dealkylation sites (tertiary alicyclic amines) is 1. The number of benzene rings is 2. The maximum absolute atomic E-state index is 12.5. The Bertz CT molecular complexity index is 1040. The number of nitro groups is 1. The van der Waals surface area contributed by atoms with E-state index in [4.69, 9.17) is 9.72 Å². The smallest absolute Gasteiger partial charge is 0.273 e. The van der Waals surface area contributed by atoms with E-state index in [1.54, 1.807) is 11.3 Å². The van der Waals surface area contributed by atoms with Gasteiger partial charge >= 0.3 is 0 Å². The molecule has 156 valence electrons. The number of hydrogen-bond donors (Lipinski definition) is 1. The Labute approximate surface area is 177 Å². The van der Waals surface area contributed by atoms with Crippen LogP contribution in [0.25, 0.3) is 10.2 Å². The number of rotatable bonds is 6. The van der Waals surface area contributed by atoms with E-state index in [1.807, 2.05) is 18.2 Å². The first-order chi connectivity index (χ1) is 14.5. The van der Waals surface area contributed by atoms with Crippen LogP contribution in [0.5, 0.6) is 5.75 Å². The Hall–Kier alpha value is -3.04. The third-order valence-corrected chi connectivity index (χ3v) is 6.48. The van der Waals surface area contributed by atoms with Gasteiger partial charge in [0.05, 0.1) is 45.6 Å². The predicted octanol–water partition coefficient (Wildman–Crippen LogP) is 4.03. The van der Waals surface area contributed by atoms with Crippen LogP contribution in [-0.4, -0.2) is 47.5 Å². The van der Waals surface area contributed by atoms with Crippen molar-refractivity contribution in [3.63, 3.8) is 0 Å². The highest BCUT2D eigenvalue weighted by Crippen LogP contribution is 2.34. The van der Waals surface area contributed by atoms with Gasteiger partial charge in [0.1, 0.15) is 5.75 Å². The minimum atomic E-state index is -0.496. The molecule has 2 heterocycles. The second-order valence-corrected chi connectivity index (χ2v) is 8.32. The molecule has 1 aliphatic rings. The summed E-state index contributed by atoms with van der Waals surface area (Å²) in [4.78, 5) is 29.8. The highest BCUT2D eigenvalue weighted by molar-refractivity contribution is 7.18. The van der Waals surface area contributed by atoms with Gasteiger partial charge in [0.2, 0.25) is 5.91 Å². The van der Waals surface area contributed by atoms with E-state index in [-0.39, 0.29) is 23.9 Å². The molecule has 1 fully saturated rings. The number of hydrogen-bond acceptors (Lipinski definition) is 7. The van der Waals surface area contributed by atoms with Crippen molar-refractivity contribution < 1.29 is 14.5 Å². The zero-order chi connectivity index (χ0) is 21.1. The molecule has 3 aromatic rings. The lowest BCUT2D eigenvalue weighted by Gasteiger charge is -2.30. The number of aromatic nitrogens is 1. The zero-order valence-corrected chi connectivity index (χ0v) is 17.4. The molecule has 0 spiro atoms. The summed E-state index contributed by atoms with van der Waals surface area (Å²) in [6, 6.07) is 12.3. The van der Waals surface area contributed by atoms with E-state index in [1.165, 1.54) is 35.0 Å². The van der Waals surface area contributed by atoms with Gasteiger partial charge in [-0.05, 0) is 44.1 Å². The number of para-hydroxylation sites is 1. The first kappa shape index (κ1) is 20.2. The van der Waals surface area contributed by atoms with Gasteiger partial charge in [-0.25, -0.2) is 4.98 Å². The second kappa shape index (κ2) is 8.76. The lowest BCUT2D eigenvalue weighted by Crippen LogP contribution is -2.38. The first-order valence-corrected chi connectivity index (χ1v) is 10.6. The van der Waals surface area contributed by atoms with Gasteiger partial charge in [-0.3, -0.25) is 19.8 Å². The maximum atomic E-state index is 12.5. The molecule has 0 bridgehead atoms. The van der Waals surface area contributed by atoms with E-state index < -0.39 is 4.92 Å². The SMILES string of the molecule is COc1cc([N+](=O)[O-])ccc1NC(=O)CN1CCC(c2nc3ccccc3s2)CC1. The normalized spacial score (nSPS) is 15.2. The van der Waals surface area contributed by atoms with Crippen molar-refractivity contribution >= 4 is 38.8 Å². The third-order valence-electron chi connectivity index (χ3n) is 5.28. The van der Waals surface area contributed by atoms with E-state index in [0.717, 1.165) is 31.4 Å². The molecular formula is C21H22N4O4S. The molecule has 30 heavy (non-hydrogen) atoms. The summed E-state index contributed by atoms with van der Waals surface area (Å²) in [5.41, 5.74) is 1.40. The van der Waals surface area contributed by atoms with Crippen LogP contribution >= 0.6 is 11.3 Å². The van der Waals surface area contributed by atoms with Crippen molar-refractivity contribution in [2.24, 2.45) is 0 Å². The molecule has 0 unspecified atom stereocenters. The van der Waals surface area contributed by atoms with Crippen LogP contribution in [0.4, 0.5) is 11.4 Å². The number of ether oxygens (including phenoxy) is 1. The number of carbonyl (C=O) groups is 1. The summed E-state index contributed by atoms with van der Waals surface area (Å²) in [7, 11) is 1.42. The summed E-state index contributed by atoms with van der Waals surface area (Å²) in [5.74, 6) is 0.532. The topological polar surface area (TPSA) is 97.6 Å². The molecule has 9 heteroatoms. The molecular weight excluding hydrogens is 404 g/mol. The van der Waals surface area contributed by atoms with Gasteiger partial charge in [0.15, 0.2) is 0 Å². The van der Waals surface area contributed by atoms with E-state index in [2.05, 4.69) is 16.3 Å². The maximum Gasteiger partial charge on any atom is 0.273 e. The standard InChI is InChI=1S/C21H22N4O4S/c1-29-18-12-15(25(27)28)6-7-16(18)22-20(26)13-24-10-8-14(9-11-24)21-23-17-4-2-3-5-19(17)30-21/h2-7,12,14H,8-11,13H2,1H3,(H,22,26). The van der Waals surface area contributed by atoms with Crippen LogP contribution in [0, 0.1) is 10.1 Å². The van der Waals surface area contributed by atoms with Crippen LogP contribution in [0.15, 0.2) is 42.5 Å². The van der Waals surface area contributed by atoms with Crippen LogP contribution < -0.4 is 10.1 Å². The Morgan fingerprint density at radius 2 is 2.07 bits per heavy atom. The molecule has 1 N–H and O–H groups in total. The molecule has 1 aliphatic heterocycles. The Balaban J connectivity index is 1.32. The molecule has 2 aromatic carbocycles. The molecule has 0 aliphatic carbocycles. The number of piperidine rings is 1. The van der Waals surface area contributed by atoms with Crippen LogP contribution in [0.2, 0.25) is 0 Å². The number of nitrogens with zero attached hydrogens (tertiary/aromatic N) is 3. The summed E-state index contributed by atoms with van der Waals surface area (Å²) in [6.07, 6.45) is 1.93. The minimum Gasteiger partial charge on any atom is -0.494 e.